The number of nitrogens with one attached hydrogen (secondary N) is 1. The SMILES string of the molecule is CCOC(=O)C(COC(=O)Cc1ccc(NC(=O)c2ccccc2-c2ccc(C(F)(F)F)cc2)c(C(=O)N(C)C)c1)(C(=O)OCC)c1cccc(Cl)c1. The van der Waals surface area contributed by atoms with Crippen molar-refractivity contribution in [3.05, 3.63) is 124 Å². The molecule has 0 aliphatic rings. The van der Waals surface area contributed by atoms with Crippen LogP contribution in [0.1, 0.15) is 51.3 Å². The van der Waals surface area contributed by atoms with E-state index in [0.29, 0.717) is 16.7 Å². The molecule has 0 saturated heterocycles. The van der Waals surface area contributed by atoms with Crippen molar-refractivity contribution < 1.29 is 51.4 Å². The quantitative estimate of drug-likeness (QED) is 0.0869. The Morgan fingerprint density at radius 2 is 1.38 bits per heavy atom. The molecular formula is C39H36ClF3N2O8. The first kappa shape index (κ1) is 40.1. The van der Waals surface area contributed by atoms with Crippen LogP contribution in [0.15, 0.2) is 91.0 Å². The number of esters is 3. The zero-order valence-electron chi connectivity index (χ0n) is 29.2. The van der Waals surface area contributed by atoms with Crippen LogP contribution in [0, 0.1) is 0 Å². The predicted molar refractivity (Wildman–Crippen MR) is 190 cm³/mol. The molecule has 0 radical (unpaired) electrons. The predicted octanol–water partition coefficient (Wildman–Crippen LogP) is 7.13. The molecule has 53 heavy (non-hydrogen) atoms. The van der Waals surface area contributed by atoms with Crippen LogP contribution in [0.2, 0.25) is 5.02 Å². The molecule has 0 saturated carbocycles. The van der Waals surface area contributed by atoms with Crippen LogP contribution in [0.3, 0.4) is 0 Å². The smallest absolute Gasteiger partial charge is 0.416 e. The third-order valence-electron chi connectivity index (χ3n) is 8.03. The lowest BCUT2D eigenvalue weighted by Crippen LogP contribution is -2.50. The Morgan fingerprint density at radius 1 is 0.736 bits per heavy atom. The number of alkyl halides is 3. The summed E-state index contributed by atoms with van der Waals surface area (Å²) >= 11 is 6.18. The van der Waals surface area contributed by atoms with Gasteiger partial charge in [-0.15, -0.1) is 0 Å². The Kier molecular flexibility index (Phi) is 13.0. The lowest BCUT2D eigenvalue weighted by molar-refractivity contribution is -0.170. The van der Waals surface area contributed by atoms with Crippen molar-refractivity contribution in [1.29, 1.82) is 0 Å². The third kappa shape index (κ3) is 9.41. The molecule has 0 spiro atoms. The van der Waals surface area contributed by atoms with Crippen LogP contribution >= 0.6 is 11.6 Å². The number of hydrogen-bond acceptors (Lipinski definition) is 8. The topological polar surface area (TPSA) is 128 Å². The summed E-state index contributed by atoms with van der Waals surface area (Å²) in [4.78, 5) is 68.1. The summed E-state index contributed by atoms with van der Waals surface area (Å²) in [5.74, 6) is -4.04. The number of rotatable bonds is 13. The molecule has 4 aromatic carbocycles. The Labute approximate surface area is 308 Å². The van der Waals surface area contributed by atoms with Crippen molar-refractivity contribution in [3.8, 4) is 11.1 Å². The maximum absolute atomic E-state index is 13.6. The molecule has 4 aromatic rings. The van der Waals surface area contributed by atoms with Gasteiger partial charge in [-0.2, -0.15) is 13.2 Å². The lowest BCUT2D eigenvalue weighted by Gasteiger charge is -2.29. The molecule has 0 aliphatic carbocycles. The molecule has 278 valence electrons. The van der Waals surface area contributed by atoms with E-state index in [4.69, 9.17) is 25.8 Å². The molecule has 1 N–H and O–H groups in total. The van der Waals surface area contributed by atoms with Crippen molar-refractivity contribution >= 4 is 47.0 Å². The summed E-state index contributed by atoms with van der Waals surface area (Å²) < 4.78 is 55.4. The van der Waals surface area contributed by atoms with Crippen LogP contribution in [0.4, 0.5) is 18.9 Å². The summed E-state index contributed by atoms with van der Waals surface area (Å²) in [5.41, 5.74) is -1.66. The maximum Gasteiger partial charge on any atom is 0.416 e. The zero-order valence-corrected chi connectivity index (χ0v) is 30.0. The summed E-state index contributed by atoms with van der Waals surface area (Å²) in [5, 5.41) is 2.92. The summed E-state index contributed by atoms with van der Waals surface area (Å²) in [7, 11) is 2.99. The standard InChI is InChI=1S/C39H36ClF3N2O8/c1-5-51-36(49)38(37(50)52-6-2,27-10-9-11-28(40)22-27)23-53-33(46)21-24-14-19-32(31(20-24)35(48)45(3)4)44-34(47)30-13-8-7-12-29(30)25-15-17-26(18-16-25)39(41,42)43/h7-20,22H,5-6,21,23H2,1-4H3,(H,44,47). The van der Waals surface area contributed by atoms with Gasteiger partial charge in [-0.3, -0.25) is 24.0 Å². The number of ether oxygens (including phenoxy) is 3. The van der Waals surface area contributed by atoms with Gasteiger partial charge in [0.15, 0.2) is 0 Å². The van der Waals surface area contributed by atoms with Crippen molar-refractivity contribution in [2.75, 3.05) is 39.2 Å². The fourth-order valence-electron chi connectivity index (χ4n) is 5.38. The number of halogens is 4. The highest BCUT2D eigenvalue weighted by Gasteiger charge is 2.52. The van der Waals surface area contributed by atoms with Gasteiger partial charge in [-0.1, -0.05) is 60.1 Å². The molecule has 10 nitrogen and oxygen atoms in total. The van der Waals surface area contributed by atoms with Crippen molar-refractivity contribution in [2.24, 2.45) is 0 Å². The van der Waals surface area contributed by atoms with Gasteiger partial charge in [-0.05, 0) is 78.6 Å². The molecule has 14 heteroatoms. The van der Waals surface area contributed by atoms with Crippen LogP contribution in [-0.4, -0.2) is 68.5 Å². The number of hydrogen-bond donors (Lipinski definition) is 1. The summed E-state index contributed by atoms with van der Waals surface area (Å²) in [6, 6.07) is 20.9. The molecule has 0 aromatic heterocycles. The molecule has 0 heterocycles. The van der Waals surface area contributed by atoms with E-state index in [1.165, 1.54) is 79.7 Å². The Balaban J connectivity index is 1.61. The fourth-order valence-corrected chi connectivity index (χ4v) is 5.57. The maximum atomic E-state index is 13.6. The van der Waals surface area contributed by atoms with Gasteiger partial charge in [0.05, 0.1) is 36.4 Å². The number of carbonyl (C=O) groups excluding carboxylic acids is 5. The first-order valence-corrected chi connectivity index (χ1v) is 16.7. The number of benzene rings is 4. The Bertz CT molecular complexity index is 1980. The Hall–Kier alpha value is -5.69. The number of nitrogens with zero attached hydrogens (tertiary/aromatic N) is 1. The molecule has 0 atom stereocenters. The van der Waals surface area contributed by atoms with E-state index in [2.05, 4.69) is 5.32 Å². The highest BCUT2D eigenvalue weighted by Crippen LogP contribution is 2.33. The molecule has 2 amide bonds. The second kappa shape index (κ2) is 17.2. The molecule has 0 fully saturated rings. The number of amides is 2. The van der Waals surface area contributed by atoms with Crippen LogP contribution in [0.25, 0.3) is 11.1 Å². The van der Waals surface area contributed by atoms with Gasteiger partial charge in [0.2, 0.25) is 5.41 Å². The van der Waals surface area contributed by atoms with Crippen molar-refractivity contribution in [1.82, 2.24) is 4.90 Å². The van der Waals surface area contributed by atoms with E-state index < -0.39 is 59.9 Å². The monoisotopic (exact) mass is 752 g/mol. The van der Waals surface area contributed by atoms with Crippen LogP contribution in [0.5, 0.6) is 0 Å². The molecule has 4 rings (SSSR count). The van der Waals surface area contributed by atoms with Gasteiger partial charge >= 0.3 is 24.1 Å². The molecule has 0 aliphatic heterocycles. The number of anilines is 1. The Morgan fingerprint density at radius 3 is 1.96 bits per heavy atom. The molecule has 0 bridgehead atoms. The minimum Gasteiger partial charge on any atom is -0.465 e. The highest BCUT2D eigenvalue weighted by atomic mass is 35.5. The summed E-state index contributed by atoms with van der Waals surface area (Å²) in [6.07, 6.45) is -4.93. The van der Waals surface area contributed by atoms with Gasteiger partial charge in [-0.25, -0.2) is 0 Å². The van der Waals surface area contributed by atoms with Gasteiger partial charge in [0.25, 0.3) is 11.8 Å². The lowest BCUT2D eigenvalue weighted by atomic mass is 9.81. The van der Waals surface area contributed by atoms with Crippen molar-refractivity contribution in [3.63, 3.8) is 0 Å². The van der Waals surface area contributed by atoms with E-state index in [1.807, 2.05) is 0 Å². The number of carbonyl (C=O) groups is 5. The first-order chi connectivity index (χ1) is 25.1. The van der Waals surface area contributed by atoms with Crippen LogP contribution < -0.4 is 5.32 Å². The minimum atomic E-state index is -4.53. The van der Waals surface area contributed by atoms with Gasteiger partial charge in [0, 0.05) is 24.7 Å². The average Bonchev–Trinajstić information content (AvgIpc) is 3.12. The van der Waals surface area contributed by atoms with E-state index in [1.54, 1.807) is 32.0 Å². The van der Waals surface area contributed by atoms with Gasteiger partial charge in [0.1, 0.15) is 6.61 Å². The third-order valence-corrected chi connectivity index (χ3v) is 8.26. The van der Waals surface area contributed by atoms with Crippen molar-refractivity contribution in [2.45, 2.75) is 31.9 Å². The normalized spacial score (nSPS) is 11.3. The second-order valence-corrected chi connectivity index (χ2v) is 12.3. The zero-order chi connectivity index (χ0) is 38.9. The molecular weight excluding hydrogens is 717 g/mol. The van der Waals surface area contributed by atoms with E-state index in [-0.39, 0.29) is 40.6 Å². The average molecular weight is 753 g/mol. The fraction of sp³-hybridized carbons (Fsp3) is 0.256. The largest absolute Gasteiger partial charge is 0.465 e. The van der Waals surface area contributed by atoms with E-state index in [0.717, 1.165) is 12.1 Å². The second-order valence-electron chi connectivity index (χ2n) is 11.8. The summed E-state index contributed by atoms with van der Waals surface area (Å²) in [6.45, 7) is 2.16. The van der Waals surface area contributed by atoms with E-state index >= 15 is 0 Å². The highest BCUT2D eigenvalue weighted by molar-refractivity contribution is 6.30. The van der Waals surface area contributed by atoms with Crippen LogP contribution in [-0.2, 0) is 46.6 Å². The first-order valence-electron chi connectivity index (χ1n) is 16.3. The van der Waals surface area contributed by atoms with E-state index in [9.17, 15) is 37.1 Å². The minimum absolute atomic E-state index is 0.0204. The molecule has 0 unspecified atom stereocenters. The van der Waals surface area contributed by atoms with Gasteiger partial charge < -0.3 is 24.4 Å².